The van der Waals surface area contributed by atoms with Crippen LogP contribution >= 0.6 is 11.6 Å². The van der Waals surface area contributed by atoms with Crippen LogP contribution in [0, 0.1) is 12.7 Å². The van der Waals surface area contributed by atoms with Crippen molar-refractivity contribution in [2.24, 2.45) is 0 Å². The number of hydrogen-bond acceptors (Lipinski definition) is 0. The number of aryl methyl sites for hydroxylation is 1. The quantitative estimate of drug-likeness (QED) is 0.536. The van der Waals surface area contributed by atoms with Crippen LogP contribution in [0.5, 0.6) is 0 Å². The van der Waals surface area contributed by atoms with Crippen LogP contribution in [0.15, 0.2) is 60.7 Å². The molecule has 0 bridgehead atoms. The fourth-order valence-electron chi connectivity index (χ4n) is 2.50. The number of benzene rings is 3. The zero-order valence-electron chi connectivity index (χ0n) is 11.1. The summed E-state index contributed by atoms with van der Waals surface area (Å²) in [5, 5.41) is 1.70. The van der Waals surface area contributed by atoms with Crippen LogP contribution < -0.4 is 0 Å². The molecule has 0 radical (unpaired) electrons. The minimum absolute atomic E-state index is 0.261. The van der Waals surface area contributed by atoms with Crippen LogP contribution in [0.1, 0.15) is 22.1 Å². The summed E-state index contributed by atoms with van der Waals surface area (Å²) in [6.45, 7) is 1.94. The zero-order chi connectivity index (χ0) is 14.1. The Morgan fingerprint density at radius 2 is 1.65 bits per heavy atom. The van der Waals surface area contributed by atoms with Gasteiger partial charge in [0.15, 0.2) is 0 Å². The summed E-state index contributed by atoms with van der Waals surface area (Å²) in [7, 11) is 0. The van der Waals surface area contributed by atoms with E-state index in [-0.39, 0.29) is 5.82 Å². The summed E-state index contributed by atoms with van der Waals surface area (Å²) >= 11 is 6.55. The maximum Gasteiger partial charge on any atom is 0.128 e. The summed E-state index contributed by atoms with van der Waals surface area (Å²) in [4.78, 5) is 0. The monoisotopic (exact) mass is 284 g/mol. The van der Waals surface area contributed by atoms with Crippen molar-refractivity contribution in [2.45, 2.75) is 12.3 Å². The van der Waals surface area contributed by atoms with Gasteiger partial charge in [0, 0.05) is 5.56 Å². The first-order valence-electron chi connectivity index (χ1n) is 6.54. The number of fused-ring (bicyclic) bond motifs is 1. The first-order chi connectivity index (χ1) is 9.66. The lowest BCUT2D eigenvalue weighted by molar-refractivity contribution is 0.612. The normalized spacial score (nSPS) is 12.6. The van der Waals surface area contributed by atoms with Crippen LogP contribution in [-0.4, -0.2) is 0 Å². The lowest BCUT2D eigenvalue weighted by Crippen LogP contribution is -1.98. The van der Waals surface area contributed by atoms with E-state index >= 15 is 0 Å². The second-order valence-corrected chi connectivity index (χ2v) is 5.39. The van der Waals surface area contributed by atoms with Gasteiger partial charge in [-0.05, 0) is 29.3 Å². The Morgan fingerprint density at radius 3 is 2.50 bits per heavy atom. The number of rotatable bonds is 2. The highest BCUT2D eigenvalue weighted by Gasteiger charge is 2.17. The van der Waals surface area contributed by atoms with Gasteiger partial charge in [-0.3, -0.25) is 0 Å². The Morgan fingerprint density at radius 1 is 0.900 bits per heavy atom. The Labute approximate surface area is 122 Å². The molecule has 1 unspecified atom stereocenters. The van der Waals surface area contributed by atoms with Gasteiger partial charge in [0.05, 0.1) is 5.38 Å². The summed E-state index contributed by atoms with van der Waals surface area (Å²) in [5.74, 6) is -0.261. The molecule has 3 rings (SSSR count). The maximum absolute atomic E-state index is 14.0. The van der Waals surface area contributed by atoms with Gasteiger partial charge in [0.25, 0.3) is 0 Å². The molecule has 0 aliphatic carbocycles. The van der Waals surface area contributed by atoms with Crippen molar-refractivity contribution in [3.05, 3.63) is 83.2 Å². The molecule has 2 heteroatoms. The smallest absolute Gasteiger partial charge is 0.128 e. The highest BCUT2D eigenvalue weighted by molar-refractivity contribution is 6.23. The maximum atomic E-state index is 14.0. The number of hydrogen-bond donors (Lipinski definition) is 0. The lowest BCUT2D eigenvalue weighted by atomic mass is 9.97. The molecule has 0 fully saturated rings. The van der Waals surface area contributed by atoms with E-state index in [9.17, 15) is 4.39 Å². The average molecular weight is 285 g/mol. The van der Waals surface area contributed by atoms with E-state index in [4.69, 9.17) is 11.6 Å². The van der Waals surface area contributed by atoms with Crippen molar-refractivity contribution < 1.29 is 4.39 Å². The summed E-state index contributed by atoms with van der Waals surface area (Å²) < 4.78 is 14.0. The van der Waals surface area contributed by atoms with Crippen molar-refractivity contribution in [3.8, 4) is 0 Å². The van der Waals surface area contributed by atoms with Gasteiger partial charge in [0.2, 0.25) is 0 Å². The van der Waals surface area contributed by atoms with Gasteiger partial charge in [-0.15, -0.1) is 11.6 Å². The van der Waals surface area contributed by atoms with Crippen LogP contribution in [0.25, 0.3) is 10.8 Å². The Hall–Kier alpha value is -1.86. The topological polar surface area (TPSA) is 0 Å². The Kier molecular flexibility index (Phi) is 3.45. The zero-order valence-corrected chi connectivity index (χ0v) is 11.9. The largest absolute Gasteiger partial charge is 0.207 e. The van der Waals surface area contributed by atoms with E-state index in [0.29, 0.717) is 5.56 Å². The molecule has 0 saturated heterocycles. The SMILES string of the molecule is Cc1ccc(F)c(C(Cl)c2cccc3ccccc23)c1. The van der Waals surface area contributed by atoms with E-state index in [1.54, 1.807) is 6.07 Å². The first kappa shape index (κ1) is 13.1. The molecule has 0 saturated carbocycles. The van der Waals surface area contributed by atoms with E-state index in [1.807, 2.05) is 55.5 Å². The Balaban J connectivity index is 2.17. The van der Waals surface area contributed by atoms with Gasteiger partial charge in [-0.25, -0.2) is 4.39 Å². The van der Waals surface area contributed by atoms with E-state index < -0.39 is 5.38 Å². The molecule has 100 valence electrons. The second kappa shape index (κ2) is 5.26. The van der Waals surface area contributed by atoms with Crippen LogP contribution in [0.4, 0.5) is 4.39 Å². The molecule has 0 N–H and O–H groups in total. The van der Waals surface area contributed by atoms with Gasteiger partial charge in [0.1, 0.15) is 5.82 Å². The number of halogens is 2. The van der Waals surface area contributed by atoms with Gasteiger partial charge >= 0.3 is 0 Å². The fourth-order valence-corrected chi connectivity index (χ4v) is 2.85. The van der Waals surface area contributed by atoms with Crippen LogP contribution in [-0.2, 0) is 0 Å². The molecular formula is C18H14ClF. The predicted octanol–water partition coefficient (Wildman–Crippen LogP) is 5.62. The van der Waals surface area contributed by atoms with Gasteiger partial charge in [-0.1, -0.05) is 60.2 Å². The van der Waals surface area contributed by atoms with E-state index in [2.05, 4.69) is 0 Å². The summed E-state index contributed by atoms with van der Waals surface area (Å²) in [6.07, 6.45) is 0. The third-order valence-electron chi connectivity index (χ3n) is 3.52. The van der Waals surface area contributed by atoms with E-state index in [0.717, 1.165) is 21.9 Å². The molecule has 0 amide bonds. The van der Waals surface area contributed by atoms with Crippen molar-refractivity contribution in [1.29, 1.82) is 0 Å². The number of alkyl halides is 1. The third-order valence-corrected chi connectivity index (χ3v) is 3.99. The molecule has 0 heterocycles. The standard InChI is InChI=1S/C18H14ClF/c1-12-9-10-17(20)16(11-12)18(19)15-8-4-6-13-5-2-3-7-14(13)15/h2-11,18H,1H3. The minimum Gasteiger partial charge on any atom is -0.207 e. The summed E-state index contributed by atoms with van der Waals surface area (Å²) in [6, 6.07) is 19.0. The average Bonchev–Trinajstić information content (AvgIpc) is 2.48. The molecular weight excluding hydrogens is 271 g/mol. The van der Waals surface area contributed by atoms with Crippen molar-refractivity contribution >= 4 is 22.4 Å². The van der Waals surface area contributed by atoms with Gasteiger partial charge in [-0.2, -0.15) is 0 Å². The second-order valence-electron chi connectivity index (χ2n) is 4.96. The predicted molar refractivity (Wildman–Crippen MR) is 82.8 cm³/mol. The van der Waals surface area contributed by atoms with Crippen LogP contribution in [0.3, 0.4) is 0 Å². The first-order valence-corrected chi connectivity index (χ1v) is 6.98. The molecule has 0 spiro atoms. The molecule has 1 atom stereocenters. The molecule has 3 aromatic rings. The highest BCUT2D eigenvalue weighted by Crippen LogP contribution is 2.35. The molecule has 20 heavy (non-hydrogen) atoms. The van der Waals surface area contributed by atoms with Gasteiger partial charge < -0.3 is 0 Å². The summed E-state index contributed by atoms with van der Waals surface area (Å²) in [5.41, 5.74) is 2.48. The minimum atomic E-state index is -0.485. The molecule has 0 nitrogen and oxygen atoms in total. The molecule has 0 aromatic heterocycles. The van der Waals surface area contributed by atoms with Crippen LogP contribution in [0.2, 0.25) is 0 Å². The Bertz CT molecular complexity index is 759. The van der Waals surface area contributed by atoms with Crippen molar-refractivity contribution in [2.75, 3.05) is 0 Å². The van der Waals surface area contributed by atoms with Crippen molar-refractivity contribution in [3.63, 3.8) is 0 Å². The molecule has 3 aromatic carbocycles. The van der Waals surface area contributed by atoms with Crippen molar-refractivity contribution in [1.82, 2.24) is 0 Å². The lowest BCUT2D eigenvalue weighted by Gasteiger charge is -2.14. The molecule has 0 aliphatic rings. The fraction of sp³-hybridized carbons (Fsp3) is 0.111. The molecule has 0 aliphatic heterocycles. The highest BCUT2D eigenvalue weighted by atomic mass is 35.5. The van der Waals surface area contributed by atoms with E-state index in [1.165, 1.54) is 6.07 Å². The third kappa shape index (κ3) is 2.30.